The number of thiazole rings is 1. The second-order valence-electron chi connectivity index (χ2n) is 4.28. The smallest absolute Gasteiger partial charge is 0.187 e. The molecular formula is C15H15ClN2OS2. The average molecular weight is 339 g/mol. The fourth-order valence-corrected chi connectivity index (χ4v) is 3.30. The summed E-state index contributed by atoms with van der Waals surface area (Å²) in [6.45, 7) is 0. The zero-order valence-corrected chi connectivity index (χ0v) is 13.9. The zero-order chi connectivity index (χ0) is 13.8. The summed E-state index contributed by atoms with van der Waals surface area (Å²) < 4.78 is 5.33. The Labute approximate surface area is 138 Å². The predicted molar refractivity (Wildman–Crippen MR) is 92.8 cm³/mol. The molecule has 6 heteroatoms. The van der Waals surface area contributed by atoms with Gasteiger partial charge < -0.3 is 10.1 Å². The van der Waals surface area contributed by atoms with E-state index in [1.54, 1.807) is 29.8 Å². The standard InChI is InChI=1S/C15H14N2OS2.ClH/c1-18-14-5-3-2-4-13(14)17-15-16-12(10-20-15)8-11-6-7-19-9-11;/h2-7,9-10H,8H2,1H3,(H,16,17);1H. The van der Waals surface area contributed by atoms with Gasteiger partial charge in [-0.3, -0.25) is 0 Å². The van der Waals surface area contributed by atoms with Crippen LogP contribution in [-0.4, -0.2) is 12.1 Å². The highest BCUT2D eigenvalue weighted by atomic mass is 35.5. The Morgan fingerprint density at radius 3 is 2.81 bits per heavy atom. The van der Waals surface area contributed by atoms with Gasteiger partial charge in [-0.1, -0.05) is 12.1 Å². The molecule has 0 bridgehead atoms. The zero-order valence-electron chi connectivity index (χ0n) is 11.4. The summed E-state index contributed by atoms with van der Waals surface area (Å²) in [4.78, 5) is 4.61. The number of para-hydroxylation sites is 2. The van der Waals surface area contributed by atoms with E-state index < -0.39 is 0 Å². The van der Waals surface area contributed by atoms with Gasteiger partial charge in [0.15, 0.2) is 5.13 Å². The summed E-state index contributed by atoms with van der Waals surface area (Å²) in [6.07, 6.45) is 0.883. The van der Waals surface area contributed by atoms with Crippen LogP contribution in [0.4, 0.5) is 10.8 Å². The molecule has 2 aromatic heterocycles. The molecule has 1 N–H and O–H groups in total. The largest absolute Gasteiger partial charge is 0.495 e. The molecule has 0 unspecified atom stereocenters. The quantitative estimate of drug-likeness (QED) is 0.713. The minimum absolute atomic E-state index is 0. The van der Waals surface area contributed by atoms with E-state index in [0.29, 0.717) is 0 Å². The maximum Gasteiger partial charge on any atom is 0.187 e. The molecule has 0 fully saturated rings. The molecule has 0 saturated carbocycles. The van der Waals surface area contributed by atoms with E-state index in [4.69, 9.17) is 4.74 Å². The number of halogens is 1. The number of nitrogens with zero attached hydrogens (tertiary/aromatic N) is 1. The molecule has 0 aliphatic carbocycles. The van der Waals surface area contributed by atoms with Crippen molar-refractivity contribution in [3.8, 4) is 5.75 Å². The summed E-state index contributed by atoms with van der Waals surface area (Å²) >= 11 is 3.33. The molecule has 3 aromatic rings. The highest BCUT2D eigenvalue weighted by molar-refractivity contribution is 7.13. The van der Waals surface area contributed by atoms with Crippen LogP contribution in [0.2, 0.25) is 0 Å². The molecule has 0 saturated heterocycles. The molecule has 0 radical (unpaired) electrons. The Bertz CT molecular complexity index is 683. The van der Waals surface area contributed by atoms with Gasteiger partial charge in [0, 0.05) is 11.8 Å². The summed E-state index contributed by atoms with van der Waals surface area (Å²) in [7, 11) is 1.67. The van der Waals surface area contributed by atoms with Crippen molar-refractivity contribution in [3.63, 3.8) is 0 Å². The van der Waals surface area contributed by atoms with Gasteiger partial charge in [0.2, 0.25) is 0 Å². The van der Waals surface area contributed by atoms with Crippen LogP contribution in [-0.2, 0) is 6.42 Å². The highest BCUT2D eigenvalue weighted by Gasteiger charge is 2.06. The Balaban J connectivity index is 0.00000161. The SMILES string of the molecule is COc1ccccc1Nc1nc(Cc2ccsc2)cs1.Cl. The summed E-state index contributed by atoms with van der Waals surface area (Å²) in [6, 6.07) is 9.98. The monoisotopic (exact) mass is 338 g/mol. The van der Waals surface area contributed by atoms with Gasteiger partial charge in [-0.25, -0.2) is 4.98 Å². The lowest BCUT2D eigenvalue weighted by Crippen LogP contribution is -1.94. The van der Waals surface area contributed by atoms with Crippen molar-refractivity contribution in [2.45, 2.75) is 6.42 Å². The van der Waals surface area contributed by atoms with Crippen LogP contribution < -0.4 is 10.1 Å². The van der Waals surface area contributed by atoms with Gasteiger partial charge in [0.1, 0.15) is 5.75 Å². The van der Waals surface area contributed by atoms with Gasteiger partial charge in [-0.2, -0.15) is 11.3 Å². The van der Waals surface area contributed by atoms with Crippen molar-refractivity contribution in [1.29, 1.82) is 0 Å². The topological polar surface area (TPSA) is 34.1 Å². The van der Waals surface area contributed by atoms with Crippen LogP contribution in [0.25, 0.3) is 0 Å². The number of rotatable bonds is 5. The minimum Gasteiger partial charge on any atom is -0.495 e. The predicted octanol–water partition coefficient (Wildman–Crippen LogP) is 4.97. The number of benzene rings is 1. The average Bonchev–Trinajstić information content (AvgIpc) is 3.12. The number of anilines is 2. The van der Waals surface area contributed by atoms with Crippen molar-refractivity contribution in [2.24, 2.45) is 0 Å². The van der Waals surface area contributed by atoms with Crippen molar-refractivity contribution >= 4 is 45.9 Å². The van der Waals surface area contributed by atoms with Gasteiger partial charge >= 0.3 is 0 Å². The van der Waals surface area contributed by atoms with Gasteiger partial charge in [0.25, 0.3) is 0 Å². The Kier molecular flexibility index (Phi) is 5.61. The normalized spacial score (nSPS) is 9.95. The van der Waals surface area contributed by atoms with E-state index in [9.17, 15) is 0 Å². The number of methoxy groups -OCH3 is 1. The van der Waals surface area contributed by atoms with Gasteiger partial charge in [-0.05, 0) is 34.5 Å². The van der Waals surface area contributed by atoms with E-state index in [0.717, 1.165) is 28.7 Å². The van der Waals surface area contributed by atoms with Crippen molar-refractivity contribution in [2.75, 3.05) is 12.4 Å². The number of aromatic nitrogens is 1. The first kappa shape index (κ1) is 15.8. The van der Waals surface area contributed by atoms with Gasteiger partial charge in [0.05, 0.1) is 18.5 Å². The molecule has 1 aromatic carbocycles. The van der Waals surface area contributed by atoms with Crippen molar-refractivity contribution in [3.05, 3.63) is 57.7 Å². The molecule has 21 heavy (non-hydrogen) atoms. The molecule has 2 heterocycles. The van der Waals surface area contributed by atoms with Crippen LogP contribution in [0, 0.1) is 0 Å². The fraction of sp³-hybridized carbons (Fsp3) is 0.133. The van der Waals surface area contributed by atoms with Crippen LogP contribution in [0.1, 0.15) is 11.3 Å². The number of thiophene rings is 1. The third-order valence-electron chi connectivity index (χ3n) is 2.87. The second-order valence-corrected chi connectivity index (χ2v) is 5.92. The molecule has 0 aliphatic rings. The Hall–Kier alpha value is -1.56. The maximum absolute atomic E-state index is 5.33. The fourth-order valence-electron chi connectivity index (χ4n) is 1.91. The number of nitrogens with one attached hydrogen (secondary N) is 1. The first-order valence-corrected chi connectivity index (χ1v) is 8.03. The van der Waals surface area contributed by atoms with E-state index >= 15 is 0 Å². The summed E-state index contributed by atoms with van der Waals surface area (Å²) in [5, 5.41) is 10.5. The molecule has 0 spiro atoms. The number of ether oxygens (including phenoxy) is 1. The number of hydrogen-bond donors (Lipinski definition) is 1. The maximum atomic E-state index is 5.33. The lowest BCUT2D eigenvalue weighted by molar-refractivity contribution is 0.417. The van der Waals surface area contributed by atoms with Crippen LogP contribution in [0.5, 0.6) is 5.75 Å². The third kappa shape index (κ3) is 3.97. The van der Waals surface area contributed by atoms with Crippen LogP contribution in [0.15, 0.2) is 46.5 Å². The summed E-state index contributed by atoms with van der Waals surface area (Å²) in [5.41, 5.74) is 3.33. The van der Waals surface area contributed by atoms with Crippen LogP contribution >= 0.6 is 35.1 Å². The van der Waals surface area contributed by atoms with Crippen molar-refractivity contribution in [1.82, 2.24) is 4.98 Å². The first-order valence-electron chi connectivity index (χ1n) is 6.20. The molecule has 3 nitrogen and oxygen atoms in total. The molecule has 0 aliphatic heterocycles. The van der Waals surface area contributed by atoms with Crippen LogP contribution in [0.3, 0.4) is 0 Å². The molecule has 110 valence electrons. The lowest BCUT2D eigenvalue weighted by Gasteiger charge is -2.07. The molecule has 0 amide bonds. The van der Waals surface area contributed by atoms with E-state index in [2.05, 4.69) is 32.5 Å². The van der Waals surface area contributed by atoms with Crippen molar-refractivity contribution < 1.29 is 4.74 Å². The van der Waals surface area contributed by atoms with Gasteiger partial charge in [-0.15, -0.1) is 23.7 Å². The molecular weight excluding hydrogens is 324 g/mol. The Morgan fingerprint density at radius 1 is 1.19 bits per heavy atom. The van der Waals surface area contributed by atoms with E-state index in [1.165, 1.54) is 5.56 Å². The highest BCUT2D eigenvalue weighted by Crippen LogP contribution is 2.29. The minimum atomic E-state index is 0. The Morgan fingerprint density at radius 2 is 2.05 bits per heavy atom. The molecule has 3 rings (SSSR count). The first-order chi connectivity index (χ1) is 9.85. The molecule has 0 atom stereocenters. The van der Waals surface area contributed by atoms with E-state index in [-0.39, 0.29) is 12.4 Å². The lowest BCUT2D eigenvalue weighted by atomic mass is 10.2. The third-order valence-corrected chi connectivity index (χ3v) is 4.40. The summed E-state index contributed by atoms with van der Waals surface area (Å²) in [5.74, 6) is 0.821. The second kappa shape index (κ2) is 7.45. The number of hydrogen-bond acceptors (Lipinski definition) is 5. The van der Waals surface area contributed by atoms with E-state index in [1.807, 2.05) is 24.3 Å².